The first-order valence-corrected chi connectivity index (χ1v) is 7.89. The molecule has 0 radical (unpaired) electrons. The summed E-state index contributed by atoms with van der Waals surface area (Å²) in [6, 6.07) is 3.82. The molecule has 1 saturated carbocycles. The van der Waals surface area contributed by atoms with Crippen molar-refractivity contribution in [2.75, 3.05) is 0 Å². The molecule has 1 aromatic rings. The maximum atomic E-state index is 12.3. The maximum Gasteiger partial charge on any atom is 0.534 e. The number of rotatable bonds is 3. The normalized spacial score (nSPS) is 26.8. The second-order valence-electron chi connectivity index (χ2n) is 5.44. The highest BCUT2D eigenvalue weighted by Crippen LogP contribution is 2.60. The summed E-state index contributed by atoms with van der Waals surface area (Å²) in [6.07, 6.45) is 1.10. The molecule has 9 heteroatoms. The number of carboxylic acid groups (broad SMARTS) is 1. The molecule has 0 aliphatic heterocycles. The first-order valence-electron chi connectivity index (χ1n) is 6.48. The van der Waals surface area contributed by atoms with Crippen LogP contribution >= 0.6 is 0 Å². The van der Waals surface area contributed by atoms with E-state index in [0.29, 0.717) is 18.4 Å². The molecule has 3 atom stereocenters. The molecule has 120 valence electrons. The van der Waals surface area contributed by atoms with E-state index in [1.165, 1.54) is 12.1 Å². The van der Waals surface area contributed by atoms with Gasteiger partial charge in [-0.2, -0.15) is 21.6 Å². The van der Waals surface area contributed by atoms with Gasteiger partial charge in [0.2, 0.25) is 0 Å². The summed E-state index contributed by atoms with van der Waals surface area (Å²) in [7, 11) is -5.70. The maximum absolute atomic E-state index is 12.3. The van der Waals surface area contributed by atoms with Crippen LogP contribution in [0.4, 0.5) is 13.2 Å². The van der Waals surface area contributed by atoms with Crippen molar-refractivity contribution < 1.29 is 35.7 Å². The Balaban J connectivity index is 1.86. The van der Waals surface area contributed by atoms with Gasteiger partial charge in [-0.25, -0.2) is 0 Å². The fourth-order valence-electron chi connectivity index (χ4n) is 3.17. The minimum Gasteiger partial charge on any atom is -0.481 e. The summed E-state index contributed by atoms with van der Waals surface area (Å²) in [6.45, 7) is 0. The first kappa shape index (κ1) is 15.1. The minimum absolute atomic E-state index is 0.0516. The smallest absolute Gasteiger partial charge is 0.481 e. The summed E-state index contributed by atoms with van der Waals surface area (Å²) in [4.78, 5) is 11.1. The average Bonchev–Trinajstić information content (AvgIpc) is 3.11. The fourth-order valence-corrected chi connectivity index (χ4v) is 3.62. The third kappa shape index (κ3) is 2.33. The van der Waals surface area contributed by atoms with Crippen LogP contribution in [0, 0.1) is 11.8 Å². The van der Waals surface area contributed by atoms with Gasteiger partial charge >= 0.3 is 21.6 Å². The van der Waals surface area contributed by atoms with Crippen LogP contribution in [0.15, 0.2) is 18.2 Å². The fraction of sp³-hybridized carbons (Fsp3) is 0.462. The van der Waals surface area contributed by atoms with E-state index in [4.69, 9.17) is 5.11 Å². The van der Waals surface area contributed by atoms with Crippen molar-refractivity contribution in [3.05, 3.63) is 29.3 Å². The zero-order chi connectivity index (χ0) is 16.3. The van der Waals surface area contributed by atoms with Crippen molar-refractivity contribution in [2.45, 2.75) is 24.3 Å². The quantitative estimate of drug-likeness (QED) is 0.676. The summed E-state index contributed by atoms with van der Waals surface area (Å²) >= 11 is 0. The number of fused-ring (bicyclic) bond motifs is 3. The molecule has 1 N–H and O–H groups in total. The monoisotopic (exact) mass is 336 g/mol. The third-order valence-electron chi connectivity index (χ3n) is 4.16. The molecule has 3 rings (SSSR count). The van der Waals surface area contributed by atoms with E-state index in [1.54, 1.807) is 0 Å². The molecule has 0 aromatic heterocycles. The van der Waals surface area contributed by atoms with Crippen molar-refractivity contribution in [3.8, 4) is 5.75 Å². The second kappa shape index (κ2) is 4.61. The number of alkyl halides is 3. The van der Waals surface area contributed by atoms with E-state index < -0.39 is 33.3 Å². The molecular weight excluding hydrogens is 325 g/mol. The van der Waals surface area contributed by atoms with Crippen LogP contribution < -0.4 is 4.18 Å². The number of hydrogen-bond acceptors (Lipinski definition) is 4. The van der Waals surface area contributed by atoms with E-state index in [2.05, 4.69) is 4.18 Å². The highest BCUT2D eigenvalue weighted by Gasteiger charge is 2.57. The number of carboxylic acids is 1. The van der Waals surface area contributed by atoms with Crippen LogP contribution in [0.25, 0.3) is 0 Å². The number of halogens is 3. The zero-order valence-corrected chi connectivity index (χ0v) is 11.8. The second-order valence-corrected chi connectivity index (χ2v) is 6.97. The van der Waals surface area contributed by atoms with E-state index in [0.717, 1.165) is 11.6 Å². The van der Waals surface area contributed by atoms with Crippen molar-refractivity contribution in [2.24, 2.45) is 11.8 Å². The van der Waals surface area contributed by atoms with Gasteiger partial charge in [0.05, 0.1) is 5.92 Å². The van der Waals surface area contributed by atoms with Crippen molar-refractivity contribution in [1.29, 1.82) is 0 Å². The topological polar surface area (TPSA) is 80.7 Å². The number of benzene rings is 1. The predicted octanol–water partition coefficient (Wildman–Crippen LogP) is 2.28. The van der Waals surface area contributed by atoms with Gasteiger partial charge < -0.3 is 9.29 Å². The molecule has 0 heterocycles. The molecule has 0 amide bonds. The van der Waals surface area contributed by atoms with Crippen molar-refractivity contribution >= 4 is 16.1 Å². The highest BCUT2D eigenvalue weighted by molar-refractivity contribution is 7.88. The lowest BCUT2D eigenvalue weighted by atomic mass is 9.92. The van der Waals surface area contributed by atoms with Gasteiger partial charge in [0.1, 0.15) is 5.75 Å². The Morgan fingerprint density at radius 2 is 2.00 bits per heavy atom. The molecule has 0 bridgehead atoms. The Hall–Kier alpha value is -1.77. The predicted molar refractivity (Wildman–Crippen MR) is 67.7 cm³/mol. The Labute approximate surface area is 123 Å². The lowest BCUT2D eigenvalue weighted by molar-refractivity contribution is -0.139. The lowest BCUT2D eigenvalue weighted by Crippen LogP contribution is -2.28. The standard InChI is InChI=1S/C13H11F3O5S/c14-13(15,16)22(19,20)21-7-2-4-8-6(5-7)1-3-9-10(8)11(9)12(17)18/h2,4-5,9-11H,1,3H2,(H,17,18). The Morgan fingerprint density at radius 3 is 2.59 bits per heavy atom. The lowest BCUT2D eigenvalue weighted by Gasteiger charge is -2.16. The number of aryl methyl sites for hydroxylation is 1. The van der Waals surface area contributed by atoms with Gasteiger partial charge in [0.25, 0.3) is 0 Å². The third-order valence-corrected chi connectivity index (χ3v) is 5.14. The number of hydrogen-bond donors (Lipinski definition) is 1. The Morgan fingerprint density at radius 1 is 1.32 bits per heavy atom. The molecule has 5 nitrogen and oxygen atoms in total. The molecule has 2 aliphatic carbocycles. The zero-order valence-electron chi connectivity index (χ0n) is 11.0. The minimum atomic E-state index is -5.70. The summed E-state index contributed by atoms with van der Waals surface area (Å²) in [5.74, 6) is -1.86. The molecular formula is C13H11F3O5S. The van der Waals surface area contributed by atoms with Gasteiger partial charge in [0, 0.05) is 5.92 Å². The molecule has 0 spiro atoms. The number of aliphatic carboxylic acids is 1. The average molecular weight is 336 g/mol. The Bertz CT molecular complexity index is 741. The largest absolute Gasteiger partial charge is 0.534 e. The summed E-state index contributed by atoms with van der Waals surface area (Å²) in [5.41, 5.74) is -4.10. The van der Waals surface area contributed by atoms with E-state index in [9.17, 15) is 26.4 Å². The number of carbonyl (C=O) groups is 1. The van der Waals surface area contributed by atoms with Crippen LogP contribution in [-0.2, 0) is 21.3 Å². The molecule has 3 unspecified atom stereocenters. The molecule has 22 heavy (non-hydrogen) atoms. The van der Waals surface area contributed by atoms with Crippen LogP contribution in [0.2, 0.25) is 0 Å². The van der Waals surface area contributed by atoms with Gasteiger partial charge in [0.15, 0.2) is 0 Å². The molecule has 1 aromatic carbocycles. The van der Waals surface area contributed by atoms with Gasteiger partial charge in [-0.05, 0) is 42.0 Å². The Kier molecular flexibility index (Phi) is 3.17. The van der Waals surface area contributed by atoms with Crippen LogP contribution in [0.1, 0.15) is 23.5 Å². The summed E-state index contributed by atoms with van der Waals surface area (Å²) in [5, 5.41) is 9.08. The van der Waals surface area contributed by atoms with Crippen molar-refractivity contribution in [1.82, 2.24) is 0 Å². The van der Waals surface area contributed by atoms with Gasteiger partial charge in [-0.1, -0.05) is 6.07 Å². The molecule has 1 fully saturated rings. The summed E-state index contributed by atoms with van der Waals surface area (Å²) < 4.78 is 62.9. The van der Waals surface area contributed by atoms with Gasteiger partial charge in [-0.15, -0.1) is 0 Å². The van der Waals surface area contributed by atoms with Crippen molar-refractivity contribution in [3.63, 3.8) is 0 Å². The van der Waals surface area contributed by atoms with E-state index in [-0.39, 0.29) is 11.8 Å². The molecule has 2 aliphatic rings. The van der Waals surface area contributed by atoms with Gasteiger partial charge in [-0.3, -0.25) is 4.79 Å². The van der Waals surface area contributed by atoms with E-state index >= 15 is 0 Å². The SMILES string of the molecule is O=C(O)C1C2CCc3cc(OS(=O)(=O)C(F)(F)F)ccc3C21. The van der Waals surface area contributed by atoms with Crippen LogP contribution in [-0.4, -0.2) is 25.0 Å². The van der Waals surface area contributed by atoms with E-state index in [1.807, 2.05) is 0 Å². The van der Waals surface area contributed by atoms with Crippen LogP contribution in [0.5, 0.6) is 5.75 Å². The molecule has 0 saturated heterocycles. The first-order chi connectivity index (χ1) is 10.1. The van der Waals surface area contributed by atoms with Crippen LogP contribution in [0.3, 0.4) is 0 Å². The highest BCUT2D eigenvalue weighted by atomic mass is 32.2.